The zero-order chi connectivity index (χ0) is 24.2. The van der Waals surface area contributed by atoms with E-state index in [1.807, 2.05) is 19.1 Å². The Kier molecular flexibility index (Phi) is 7.47. The first-order chi connectivity index (χ1) is 15.5. The van der Waals surface area contributed by atoms with Crippen molar-refractivity contribution in [2.24, 2.45) is 0 Å². The molecule has 178 valence electrons. The van der Waals surface area contributed by atoms with Crippen molar-refractivity contribution in [3.63, 3.8) is 0 Å². The zero-order valence-electron chi connectivity index (χ0n) is 19.7. The minimum Gasteiger partial charge on any atom is -0.354 e. The number of carbonyl (C=O) groups is 2. The molecular weight excluding hydrogens is 438 g/mol. The third-order valence-electron chi connectivity index (χ3n) is 5.76. The van der Waals surface area contributed by atoms with Crippen LogP contribution in [0.5, 0.6) is 0 Å². The van der Waals surface area contributed by atoms with E-state index < -0.39 is 16.1 Å². The van der Waals surface area contributed by atoms with Crippen LogP contribution in [0.4, 0.5) is 5.69 Å². The lowest BCUT2D eigenvalue weighted by atomic mass is 9.87. The van der Waals surface area contributed by atoms with Gasteiger partial charge < -0.3 is 10.2 Å². The van der Waals surface area contributed by atoms with Gasteiger partial charge in [0.1, 0.15) is 6.04 Å². The lowest BCUT2D eigenvalue weighted by molar-refractivity contribution is -0.124. The number of carbonyl (C=O) groups excluding carboxylic acids is 2. The maximum absolute atomic E-state index is 13.1. The number of rotatable bonds is 7. The highest BCUT2D eigenvalue weighted by atomic mass is 32.2. The molecule has 0 aliphatic carbocycles. The maximum Gasteiger partial charge on any atom is 0.261 e. The Bertz CT molecular complexity index is 1110. The van der Waals surface area contributed by atoms with Crippen molar-refractivity contribution in [2.45, 2.75) is 63.3 Å². The number of nitrogens with one attached hydrogen (secondary N) is 2. The molecule has 33 heavy (non-hydrogen) atoms. The molecular formula is C25H33N3O4S. The molecule has 2 N–H and O–H groups in total. The number of anilines is 1. The first-order valence-corrected chi connectivity index (χ1v) is 12.8. The van der Waals surface area contributed by atoms with Gasteiger partial charge in [0.25, 0.3) is 15.9 Å². The molecule has 1 aliphatic rings. The topological polar surface area (TPSA) is 95.6 Å². The number of hydrogen-bond acceptors (Lipinski definition) is 4. The predicted molar refractivity (Wildman–Crippen MR) is 130 cm³/mol. The smallest absolute Gasteiger partial charge is 0.261 e. The van der Waals surface area contributed by atoms with Crippen molar-refractivity contribution in [1.82, 2.24) is 10.2 Å². The fourth-order valence-electron chi connectivity index (χ4n) is 3.88. The summed E-state index contributed by atoms with van der Waals surface area (Å²) < 4.78 is 28.3. The summed E-state index contributed by atoms with van der Waals surface area (Å²) in [5, 5.41) is 2.86. The van der Waals surface area contributed by atoms with Gasteiger partial charge in [-0.3, -0.25) is 14.3 Å². The molecule has 0 bridgehead atoms. The second-order valence-corrected chi connectivity index (χ2v) is 11.1. The van der Waals surface area contributed by atoms with Gasteiger partial charge in [-0.2, -0.15) is 0 Å². The number of amides is 2. The first-order valence-electron chi connectivity index (χ1n) is 11.3. The number of likely N-dealkylation sites (tertiary alicyclic amines) is 1. The second-order valence-electron chi connectivity index (χ2n) is 9.41. The monoisotopic (exact) mass is 471 g/mol. The lowest BCUT2D eigenvalue weighted by Crippen LogP contribution is -2.46. The van der Waals surface area contributed by atoms with E-state index >= 15 is 0 Å². The molecule has 1 aliphatic heterocycles. The Balaban J connectivity index is 1.76. The third kappa shape index (κ3) is 5.93. The Morgan fingerprint density at radius 2 is 1.79 bits per heavy atom. The molecule has 0 spiro atoms. The standard InChI is InChI=1S/C25H33N3O4S/c1-5-15-26-23(29)22-10-7-16-28(22)24(30)18-8-6-9-20(17-18)27-33(31,32)21-13-11-19(12-14-21)25(2,3)4/h6,8-9,11-14,17,22,27H,5,7,10,15-16H2,1-4H3,(H,26,29)/t22-/m0/s1. The van der Waals surface area contributed by atoms with Crippen molar-refractivity contribution >= 4 is 27.5 Å². The molecule has 1 saturated heterocycles. The van der Waals surface area contributed by atoms with Crippen molar-refractivity contribution in [1.29, 1.82) is 0 Å². The van der Waals surface area contributed by atoms with Gasteiger partial charge in [0, 0.05) is 24.3 Å². The van der Waals surface area contributed by atoms with E-state index in [-0.39, 0.29) is 22.1 Å². The molecule has 0 radical (unpaired) electrons. The summed E-state index contributed by atoms with van der Waals surface area (Å²) in [6, 6.07) is 12.7. The minimum absolute atomic E-state index is 0.0781. The minimum atomic E-state index is -3.81. The summed E-state index contributed by atoms with van der Waals surface area (Å²) in [4.78, 5) is 27.3. The first kappa shape index (κ1) is 24.8. The Morgan fingerprint density at radius 1 is 1.09 bits per heavy atom. The summed E-state index contributed by atoms with van der Waals surface area (Å²) in [5.41, 5.74) is 1.60. The van der Waals surface area contributed by atoms with Crippen LogP contribution in [0.2, 0.25) is 0 Å². The van der Waals surface area contributed by atoms with Gasteiger partial charge in [-0.15, -0.1) is 0 Å². The molecule has 1 heterocycles. The van der Waals surface area contributed by atoms with E-state index in [0.29, 0.717) is 30.8 Å². The van der Waals surface area contributed by atoms with Gasteiger partial charge in [0.05, 0.1) is 4.90 Å². The van der Waals surface area contributed by atoms with E-state index in [9.17, 15) is 18.0 Å². The van der Waals surface area contributed by atoms with Crippen LogP contribution in [0, 0.1) is 0 Å². The number of hydrogen-bond donors (Lipinski definition) is 2. The average Bonchev–Trinajstić information content (AvgIpc) is 3.26. The Labute approximate surface area is 196 Å². The van der Waals surface area contributed by atoms with Crippen LogP contribution in [-0.4, -0.2) is 44.3 Å². The number of benzene rings is 2. The average molecular weight is 472 g/mol. The van der Waals surface area contributed by atoms with Gasteiger partial charge in [-0.05, 0) is 60.6 Å². The second kappa shape index (κ2) is 9.95. The van der Waals surface area contributed by atoms with Crippen molar-refractivity contribution in [3.05, 3.63) is 59.7 Å². The van der Waals surface area contributed by atoms with Crippen LogP contribution in [0.3, 0.4) is 0 Å². The summed E-state index contributed by atoms with van der Waals surface area (Å²) in [5.74, 6) is -0.419. The van der Waals surface area contributed by atoms with Crippen molar-refractivity contribution in [2.75, 3.05) is 17.8 Å². The molecule has 1 atom stereocenters. The van der Waals surface area contributed by atoms with Crippen LogP contribution >= 0.6 is 0 Å². The van der Waals surface area contributed by atoms with E-state index in [1.54, 1.807) is 35.2 Å². The van der Waals surface area contributed by atoms with E-state index in [4.69, 9.17) is 0 Å². The van der Waals surface area contributed by atoms with Crippen LogP contribution < -0.4 is 10.0 Å². The zero-order valence-corrected chi connectivity index (χ0v) is 20.5. The Morgan fingerprint density at radius 3 is 2.42 bits per heavy atom. The molecule has 1 fully saturated rings. The van der Waals surface area contributed by atoms with Crippen LogP contribution in [0.1, 0.15) is 62.9 Å². The summed E-state index contributed by atoms with van der Waals surface area (Å²) in [7, 11) is -3.81. The molecule has 2 amide bonds. The third-order valence-corrected chi connectivity index (χ3v) is 7.16. The lowest BCUT2D eigenvalue weighted by Gasteiger charge is -2.24. The van der Waals surface area contributed by atoms with E-state index in [1.165, 1.54) is 6.07 Å². The van der Waals surface area contributed by atoms with Crippen LogP contribution in [0.15, 0.2) is 53.4 Å². The quantitative estimate of drug-likeness (QED) is 0.640. The predicted octanol–water partition coefficient (Wildman–Crippen LogP) is 3.92. The summed E-state index contributed by atoms with van der Waals surface area (Å²) in [6.07, 6.45) is 2.21. The fourth-order valence-corrected chi connectivity index (χ4v) is 4.93. The largest absolute Gasteiger partial charge is 0.354 e. The maximum atomic E-state index is 13.1. The van der Waals surface area contributed by atoms with E-state index in [0.717, 1.165) is 18.4 Å². The summed E-state index contributed by atoms with van der Waals surface area (Å²) >= 11 is 0. The van der Waals surface area contributed by atoms with Crippen molar-refractivity contribution < 1.29 is 18.0 Å². The molecule has 8 heteroatoms. The van der Waals surface area contributed by atoms with Gasteiger partial charge in [0.15, 0.2) is 0 Å². The molecule has 2 aromatic carbocycles. The molecule has 7 nitrogen and oxygen atoms in total. The van der Waals surface area contributed by atoms with Crippen LogP contribution in [-0.2, 0) is 20.2 Å². The molecule has 2 aromatic rings. The van der Waals surface area contributed by atoms with Gasteiger partial charge >= 0.3 is 0 Å². The van der Waals surface area contributed by atoms with Gasteiger partial charge in [0.2, 0.25) is 5.91 Å². The molecule has 0 unspecified atom stereocenters. The fraction of sp³-hybridized carbons (Fsp3) is 0.440. The molecule has 0 aromatic heterocycles. The van der Waals surface area contributed by atoms with Crippen LogP contribution in [0.25, 0.3) is 0 Å². The molecule has 0 saturated carbocycles. The Hall–Kier alpha value is -2.87. The highest BCUT2D eigenvalue weighted by Gasteiger charge is 2.34. The molecule has 3 rings (SSSR count). The van der Waals surface area contributed by atoms with Gasteiger partial charge in [-0.1, -0.05) is 45.9 Å². The normalized spacial score (nSPS) is 16.5. The number of sulfonamides is 1. The van der Waals surface area contributed by atoms with Gasteiger partial charge in [-0.25, -0.2) is 8.42 Å². The summed E-state index contributed by atoms with van der Waals surface area (Å²) in [6.45, 7) is 9.24. The van der Waals surface area contributed by atoms with Crippen molar-refractivity contribution in [3.8, 4) is 0 Å². The highest BCUT2D eigenvalue weighted by Crippen LogP contribution is 2.25. The number of nitrogens with zero attached hydrogens (tertiary/aromatic N) is 1. The SMILES string of the molecule is CCCNC(=O)[C@@H]1CCCN1C(=O)c1cccc(NS(=O)(=O)c2ccc(C(C)(C)C)cc2)c1. The van der Waals surface area contributed by atoms with E-state index in [2.05, 4.69) is 30.8 Å². The highest BCUT2D eigenvalue weighted by molar-refractivity contribution is 7.92.